The highest BCUT2D eigenvalue weighted by Gasteiger charge is 2.24. The summed E-state index contributed by atoms with van der Waals surface area (Å²) < 4.78 is 12.6. The smallest absolute Gasteiger partial charge is 0.328 e. The number of methoxy groups -OCH3 is 1. The molecule has 0 radical (unpaired) electrons. The van der Waals surface area contributed by atoms with E-state index in [2.05, 4.69) is 16.4 Å². The van der Waals surface area contributed by atoms with Gasteiger partial charge in [-0.3, -0.25) is 4.79 Å². The van der Waals surface area contributed by atoms with Crippen molar-refractivity contribution in [2.75, 3.05) is 7.11 Å². The van der Waals surface area contributed by atoms with Crippen molar-refractivity contribution in [1.29, 1.82) is 0 Å². The number of nitrogens with zero attached hydrogens (tertiary/aromatic N) is 2. The van der Waals surface area contributed by atoms with Gasteiger partial charge in [-0.1, -0.05) is 65.7 Å². The molecule has 202 valence electrons. The molecule has 7 nitrogen and oxygen atoms in total. The molecule has 0 fully saturated rings. The first-order valence-electron chi connectivity index (χ1n) is 12.8. The number of halogens is 1. The Labute approximate surface area is 237 Å². The lowest BCUT2D eigenvalue weighted by molar-refractivity contribution is -0.142. The fraction of sp³-hybridized carbons (Fsp3) is 0.156. The minimum Gasteiger partial charge on any atom is -0.489 e. The Hall–Kier alpha value is -4.62. The van der Waals surface area contributed by atoms with Crippen LogP contribution in [0, 0.1) is 6.92 Å². The van der Waals surface area contributed by atoms with Gasteiger partial charge in [-0.2, -0.15) is 0 Å². The van der Waals surface area contributed by atoms with Crippen LogP contribution in [0.15, 0.2) is 97.3 Å². The zero-order chi connectivity index (χ0) is 28.1. The van der Waals surface area contributed by atoms with Gasteiger partial charge in [-0.15, -0.1) is 0 Å². The molecular weight excluding hydrogens is 526 g/mol. The van der Waals surface area contributed by atoms with Gasteiger partial charge in [0.2, 0.25) is 0 Å². The van der Waals surface area contributed by atoms with E-state index in [9.17, 15) is 9.59 Å². The maximum Gasteiger partial charge on any atom is 0.328 e. The zero-order valence-corrected chi connectivity index (χ0v) is 22.9. The highest BCUT2D eigenvalue weighted by Crippen LogP contribution is 2.23. The number of esters is 1. The second kappa shape index (κ2) is 12.1. The van der Waals surface area contributed by atoms with Crippen LogP contribution in [0.5, 0.6) is 5.75 Å². The third-order valence-corrected chi connectivity index (χ3v) is 6.76. The van der Waals surface area contributed by atoms with Crippen LogP contribution in [0.25, 0.3) is 16.8 Å². The SMILES string of the molecule is COC(=O)[C@H](Cc1ccc(OCc2cccc(C)c2)cc1)NC(=O)c1cn2ccc(-c3ccc(Cl)cc3)cc2n1. The highest BCUT2D eigenvalue weighted by atomic mass is 35.5. The normalized spacial score (nSPS) is 11.7. The number of benzene rings is 3. The first kappa shape index (κ1) is 27.0. The highest BCUT2D eigenvalue weighted by molar-refractivity contribution is 6.30. The number of fused-ring (bicyclic) bond motifs is 1. The van der Waals surface area contributed by atoms with Crippen LogP contribution in [0.4, 0.5) is 0 Å². The third-order valence-electron chi connectivity index (χ3n) is 6.51. The lowest BCUT2D eigenvalue weighted by atomic mass is 10.1. The molecule has 0 bridgehead atoms. The van der Waals surface area contributed by atoms with E-state index in [4.69, 9.17) is 21.1 Å². The van der Waals surface area contributed by atoms with Crippen molar-refractivity contribution < 1.29 is 19.1 Å². The first-order valence-corrected chi connectivity index (χ1v) is 13.2. The Morgan fingerprint density at radius 1 is 0.950 bits per heavy atom. The summed E-state index contributed by atoms with van der Waals surface area (Å²) >= 11 is 6.00. The van der Waals surface area contributed by atoms with Crippen molar-refractivity contribution in [3.05, 3.63) is 125 Å². The number of pyridine rings is 1. The average Bonchev–Trinajstić information content (AvgIpc) is 3.40. The molecule has 2 aromatic heterocycles. The number of amides is 1. The molecule has 5 aromatic rings. The number of hydrogen-bond acceptors (Lipinski definition) is 5. The molecule has 1 amide bonds. The van der Waals surface area contributed by atoms with E-state index in [1.165, 1.54) is 12.7 Å². The van der Waals surface area contributed by atoms with Crippen molar-refractivity contribution in [3.63, 3.8) is 0 Å². The van der Waals surface area contributed by atoms with E-state index in [1.807, 2.05) is 92.0 Å². The van der Waals surface area contributed by atoms with E-state index in [1.54, 1.807) is 10.6 Å². The van der Waals surface area contributed by atoms with Crippen molar-refractivity contribution >= 4 is 29.1 Å². The molecule has 0 aliphatic carbocycles. The molecule has 1 N–H and O–H groups in total. The summed E-state index contributed by atoms with van der Waals surface area (Å²) in [5.74, 6) is -0.293. The van der Waals surface area contributed by atoms with Crippen LogP contribution >= 0.6 is 11.6 Å². The minimum atomic E-state index is -0.883. The quantitative estimate of drug-likeness (QED) is 0.224. The summed E-state index contributed by atoms with van der Waals surface area (Å²) in [7, 11) is 1.30. The van der Waals surface area contributed by atoms with E-state index in [-0.39, 0.29) is 12.1 Å². The summed E-state index contributed by atoms with van der Waals surface area (Å²) in [6.07, 6.45) is 3.72. The summed E-state index contributed by atoms with van der Waals surface area (Å²) in [5, 5.41) is 3.44. The zero-order valence-electron chi connectivity index (χ0n) is 22.1. The molecule has 0 saturated carbocycles. The number of aromatic nitrogens is 2. The molecule has 40 heavy (non-hydrogen) atoms. The summed E-state index contributed by atoms with van der Waals surface area (Å²) in [6.45, 7) is 2.50. The van der Waals surface area contributed by atoms with Gasteiger partial charge in [0.1, 0.15) is 29.7 Å². The van der Waals surface area contributed by atoms with Gasteiger partial charge >= 0.3 is 5.97 Å². The Kier molecular flexibility index (Phi) is 8.12. The fourth-order valence-electron chi connectivity index (χ4n) is 4.41. The van der Waals surface area contributed by atoms with E-state index in [0.717, 1.165) is 22.3 Å². The average molecular weight is 554 g/mol. The van der Waals surface area contributed by atoms with Gasteiger partial charge in [-0.05, 0) is 65.6 Å². The van der Waals surface area contributed by atoms with Crippen molar-refractivity contribution in [2.24, 2.45) is 0 Å². The van der Waals surface area contributed by atoms with Crippen LogP contribution in [-0.2, 0) is 22.6 Å². The number of hydrogen-bond donors (Lipinski definition) is 1. The van der Waals surface area contributed by atoms with Gasteiger partial charge in [0, 0.05) is 23.8 Å². The molecule has 2 heterocycles. The number of aryl methyl sites for hydroxylation is 1. The third kappa shape index (κ3) is 6.50. The molecule has 0 saturated heterocycles. The first-order chi connectivity index (χ1) is 19.4. The number of ether oxygens (including phenoxy) is 2. The number of nitrogens with one attached hydrogen (secondary N) is 1. The van der Waals surface area contributed by atoms with Gasteiger partial charge in [0.05, 0.1) is 7.11 Å². The molecule has 8 heteroatoms. The number of rotatable bonds is 9. The van der Waals surface area contributed by atoms with E-state index >= 15 is 0 Å². The fourth-order valence-corrected chi connectivity index (χ4v) is 4.53. The Morgan fingerprint density at radius 3 is 2.45 bits per heavy atom. The molecule has 0 aliphatic rings. The number of carbonyl (C=O) groups is 2. The van der Waals surface area contributed by atoms with Gasteiger partial charge in [-0.25, -0.2) is 9.78 Å². The van der Waals surface area contributed by atoms with Crippen LogP contribution in [0.3, 0.4) is 0 Å². The number of carbonyl (C=O) groups excluding carboxylic acids is 2. The standard InChI is InChI=1S/C32H28ClN3O4/c1-21-4-3-5-23(16-21)20-40-27-12-6-22(7-13-27)17-28(32(38)39-2)35-31(37)29-19-36-15-14-25(18-30(36)34-29)24-8-10-26(33)11-9-24/h3-16,18-19,28H,17,20H2,1-2H3,(H,35,37)/t28-/m0/s1. The summed E-state index contributed by atoms with van der Waals surface area (Å²) in [5.41, 5.74) is 5.85. The van der Waals surface area contributed by atoms with Gasteiger partial charge < -0.3 is 19.2 Å². The van der Waals surface area contributed by atoms with Crippen LogP contribution < -0.4 is 10.1 Å². The van der Waals surface area contributed by atoms with Crippen molar-refractivity contribution in [3.8, 4) is 16.9 Å². The monoisotopic (exact) mass is 553 g/mol. The summed E-state index contributed by atoms with van der Waals surface area (Å²) in [4.78, 5) is 30.1. The molecule has 0 spiro atoms. The Bertz CT molecular complexity index is 1650. The Balaban J connectivity index is 1.25. The molecule has 0 unspecified atom stereocenters. The maximum absolute atomic E-state index is 13.1. The predicted octanol–water partition coefficient (Wildman–Crippen LogP) is 6.06. The summed E-state index contributed by atoms with van der Waals surface area (Å²) in [6, 6.07) is 26.0. The minimum absolute atomic E-state index is 0.196. The van der Waals surface area contributed by atoms with Gasteiger partial charge in [0.15, 0.2) is 0 Å². The molecule has 3 aromatic carbocycles. The Morgan fingerprint density at radius 2 is 1.73 bits per heavy atom. The van der Waals surface area contributed by atoms with Crippen LogP contribution in [0.2, 0.25) is 5.02 Å². The second-order valence-electron chi connectivity index (χ2n) is 9.49. The molecule has 1 atom stereocenters. The molecule has 0 aliphatic heterocycles. The lowest BCUT2D eigenvalue weighted by Crippen LogP contribution is -2.43. The second-order valence-corrected chi connectivity index (χ2v) is 9.93. The van der Waals surface area contributed by atoms with Gasteiger partial charge in [0.25, 0.3) is 5.91 Å². The number of imidazole rings is 1. The van der Waals surface area contributed by atoms with Crippen molar-refractivity contribution in [2.45, 2.75) is 26.0 Å². The molecular formula is C32H28ClN3O4. The van der Waals surface area contributed by atoms with E-state index < -0.39 is 17.9 Å². The van der Waals surface area contributed by atoms with Crippen LogP contribution in [0.1, 0.15) is 27.2 Å². The maximum atomic E-state index is 13.1. The largest absolute Gasteiger partial charge is 0.489 e. The topological polar surface area (TPSA) is 81.9 Å². The molecule has 5 rings (SSSR count). The van der Waals surface area contributed by atoms with Crippen LogP contribution in [-0.4, -0.2) is 34.4 Å². The predicted molar refractivity (Wildman–Crippen MR) is 155 cm³/mol. The van der Waals surface area contributed by atoms with Crippen molar-refractivity contribution in [1.82, 2.24) is 14.7 Å². The lowest BCUT2D eigenvalue weighted by Gasteiger charge is -2.16. The van der Waals surface area contributed by atoms with E-state index in [0.29, 0.717) is 23.0 Å².